The van der Waals surface area contributed by atoms with Gasteiger partial charge in [0, 0.05) is 0 Å². The molecule has 98 valence electrons. The lowest BCUT2D eigenvalue weighted by Gasteiger charge is -2.55. The molecule has 5 heteroatoms. The summed E-state index contributed by atoms with van der Waals surface area (Å²) < 4.78 is 26.2. The first-order chi connectivity index (χ1) is 8.44. The van der Waals surface area contributed by atoms with Crippen molar-refractivity contribution in [2.24, 2.45) is 17.8 Å². The molecule has 4 aliphatic rings. The monoisotopic (exact) mass is 267 g/mol. The number of terminal acetylenes is 1. The highest BCUT2D eigenvalue weighted by molar-refractivity contribution is 7.91. The summed E-state index contributed by atoms with van der Waals surface area (Å²) in [6.07, 6.45) is 10.5. The molecule has 1 N–H and O–H groups in total. The van der Waals surface area contributed by atoms with Crippen LogP contribution in [0.3, 0.4) is 0 Å². The van der Waals surface area contributed by atoms with Crippen molar-refractivity contribution in [2.75, 3.05) is 0 Å². The van der Waals surface area contributed by atoms with Crippen molar-refractivity contribution in [3.05, 3.63) is 0 Å². The maximum Gasteiger partial charge on any atom is 0.309 e. The van der Waals surface area contributed by atoms with Crippen molar-refractivity contribution in [3.8, 4) is 12.3 Å². The van der Waals surface area contributed by atoms with Gasteiger partial charge >= 0.3 is 5.91 Å². The third-order valence-electron chi connectivity index (χ3n) is 4.91. The van der Waals surface area contributed by atoms with Crippen LogP contribution in [0.4, 0.5) is 0 Å². The summed E-state index contributed by atoms with van der Waals surface area (Å²) in [5.41, 5.74) is 0. The van der Waals surface area contributed by atoms with E-state index in [1.807, 2.05) is 5.92 Å². The maximum absolute atomic E-state index is 12.4. The van der Waals surface area contributed by atoms with E-state index in [0.29, 0.717) is 37.0 Å². The smallest absolute Gasteiger partial charge is 0.258 e. The second-order valence-corrected chi connectivity index (χ2v) is 8.26. The maximum atomic E-state index is 12.4. The Kier molecular flexibility index (Phi) is 2.50. The first-order valence-corrected chi connectivity index (χ1v) is 7.95. The van der Waals surface area contributed by atoms with Crippen molar-refractivity contribution in [1.29, 1.82) is 0 Å². The fraction of sp³-hybridized carbons (Fsp3) is 0.769. The molecule has 0 radical (unpaired) electrons. The summed E-state index contributed by atoms with van der Waals surface area (Å²) in [7, 11) is -3.63. The van der Waals surface area contributed by atoms with Crippen LogP contribution in [0, 0.1) is 30.1 Å². The average molecular weight is 267 g/mol. The number of amides is 1. The number of hydrogen-bond donors (Lipinski definition) is 1. The first kappa shape index (κ1) is 12.0. The number of rotatable bonds is 2. The van der Waals surface area contributed by atoms with Gasteiger partial charge in [0.2, 0.25) is 10.0 Å². The van der Waals surface area contributed by atoms with E-state index >= 15 is 0 Å². The van der Waals surface area contributed by atoms with E-state index in [1.165, 1.54) is 0 Å². The lowest BCUT2D eigenvalue weighted by Crippen LogP contribution is -2.58. The molecule has 0 aromatic carbocycles. The summed E-state index contributed by atoms with van der Waals surface area (Å²) >= 11 is 0. The third kappa shape index (κ3) is 1.66. The Hall–Kier alpha value is -1.02. The summed E-state index contributed by atoms with van der Waals surface area (Å²) in [6.45, 7) is 0. The van der Waals surface area contributed by atoms with Crippen LogP contribution in [-0.2, 0) is 14.8 Å². The Labute approximate surface area is 108 Å². The molecule has 0 heterocycles. The summed E-state index contributed by atoms with van der Waals surface area (Å²) in [5, 5.41) is 0. The van der Waals surface area contributed by atoms with Crippen LogP contribution in [0.25, 0.3) is 0 Å². The molecule has 0 aromatic heterocycles. The Morgan fingerprint density at radius 3 is 1.94 bits per heavy atom. The van der Waals surface area contributed by atoms with Crippen LogP contribution in [0.5, 0.6) is 0 Å². The summed E-state index contributed by atoms with van der Waals surface area (Å²) in [5.74, 6) is 2.55. The van der Waals surface area contributed by atoms with Crippen LogP contribution in [0.15, 0.2) is 0 Å². The second-order valence-electron chi connectivity index (χ2n) is 6.18. The van der Waals surface area contributed by atoms with Crippen LogP contribution in [-0.4, -0.2) is 19.1 Å². The van der Waals surface area contributed by atoms with Gasteiger partial charge in [-0.15, -0.1) is 6.42 Å². The minimum absolute atomic E-state index is 0.522. The van der Waals surface area contributed by atoms with E-state index < -0.39 is 20.7 Å². The minimum Gasteiger partial charge on any atom is -0.258 e. The fourth-order valence-electron chi connectivity index (χ4n) is 4.62. The number of nitrogens with one attached hydrogen (secondary N) is 1. The largest absolute Gasteiger partial charge is 0.309 e. The zero-order valence-corrected chi connectivity index (χ0v) is 11.0. The molecule has 0 unspecified atom stereocenters. The molecule has 4 fully saturated rings. The van der Waals surface area contributed by atoms with E-state index in [2.05, 4.69) is 4.72 Å². The van der Waals surface area contributed by atoms with Gasteiger partial charge in [-0.05, 0) is 62.2 Å². The van der Waals surface area contributed by atoms with Crippen LogP contribution >= 0.6 is 0 Å². The zero-order valence-electron chi connectivity index (χ0n) is 10.2. The Morgan fingerprint density at radius 2 is 1.56 bits per heavy atom. The van der Waals surface area contributed by atoms with Crippen molar-refractivity contribution in [3.63, 3.8) is 0 Å². The molecule has 4 aliphatic carbocycles. The average Bonchev–Trinajstić information content (AvgIpc) is 2.26. The van der Waals surface area contributed by atoms with Crippen molar-refractivity contribution in [2.45, 2.75) is 43.3 Å². The van der Waals surface area contributed by atoms with Crippen LogP contribution < -0.4 is 4.72 Å². The van der Waals surface area contributed by atoms with Crippen molar-refractivity contribution in [1.82, 2.24) is 4.72 Å². The van der Waals surface area contributed by atoms with Crippen LogP contribution in [0.2, 0.25) is 0 Å². The topological polar surface area (TPSA) is 63.2 Å². The third-order valence-corrected chi connectivity index (χ3v) is 7.00. The minimum atomic E-state index is -3.63. The Morgan fingerprint density at radius 1 is 1.11 bits per heavy atom. The van der Waals surface area contributed by atoms with E-state index in [9.17, 15) is 13.2 Å². The number of sulfonamides is 1. The fourth-order valence-corrected chi connectivity index (χ4v) is 6.50. The van der Waals surface area contributed by atoms with Gasteiger partial charge in [0.25, 0.3) is 0 Å². The Bertz CT molecular complexity index is 494. The highest BCUT2D eigenvalue weighted by Crippen LogP contribution is 2.58. The normalized spacial score (nSPS) is 41.4. The lowest BCUT2D eigenvalue weighted by molar-refractivity contribution is -0.114. The molecule has 0 saturated heterocycles. The Balaban J connectivity index is 1.91. The molecule has 0 spiro atoms. The van der Waals surface area contributed by atoms with Gasteiger partial charge in [-0.1, -0.05) is 0 Å². The lowest BCUT2D eigenvalue weighted by atomic mass is 9.56. The first-order valence-electron chi connectivity index (χ1n) is 6.47. The van der Waals surface area contributed by atoms with E-state index in [1.54, 1.807) is 0 Å². The highest BCUT2D eigenvalue weighted by Gasteiger charge is 2.57. The van der Waals surface area contributed by atoms with E-state index in [4.69, 9.17) is 6.42 Å². The van der Waals surface area contributed by atoms with Gasteiger partial charge in [0.05, 0.1) is 4.75 Å². The molecule has 0 atom stereocenters. The molecule has 18 heavy (non-hydrogen) atoms. The highest BCUT2D eigenvalue weighted by atomic mass is 32.2. The molecule has 4 nitrogen and oxygen atoms in total. The van der Waals surface area contributed by atoms with Gasteiger partial charge in [-0.25, -0.2) is 13.1 Å². The van der Waals surface area contributed by atoms with Crippen molar-refractivity contribution < 1.29 is 13.2 Å². The second kappa shape index (κ2) is 3.74. The van der Waals surface area contributed by atoms with Gasteiger partial charge in [0.15, 0.2) is 0 Å². The molecular formula is C13H17NO3S. The van der Waals surface area contributed by atoms with Gasteiger partial charge in [0.1, 0.15) is 0 Å². The van der Waals surface area contributed by atoms with Gasteiger partial charge in [-0.2, -0.15) is 0 Å². The molecule has 0 aliphatic heterocycles. The number of carbonyl (C=O) groups is 1. The number of carbonyl (C=O) groups excluding carboxylic acids is 1. The molecule has 0 aromatic rings. The molecule has 4 bridgehead atoms. The molecule has 1 amide bonds. The zero-order chi connectivity index (χ0) is 13.0. The summed E-state index contributed by atoms with van der Waals surface area (Å²) in [6, 6.07) is 0. The van der Waals surface area contributed by atoms with Gasteiger partial charge in [-0.3, -0.25) is 4.79 Å². The molecule has 4 rings (SSSR count). The van der Waals surface area contributed by atoms with Crippen LogP contribution in [0.1, 0.15) is 38.5 Å². The van der Waals surface area contributed by atoms with E-state index in [-0.39, 0.29) is 0 Å². The predicted octanol–water partition coefficient (Wildman–Crippen LogP) is 1.03. The van der Waals surface area contributed by atoms with Gasteiger partial charge < -0.3 is 0 Å². The molecular weight excluding hydrogens is 250 g/mol. The quantitative estimate of drug-likeness (QED) is 0.760. The summed E-state index contributed by atoms with van der Waals surface area (Å²) in [4.78, 5) is 11.2. The van der Waals surface area contributed by atoms with E-state index in [0.717, 1.165) is 19.3 Å². The molecule has 4 saturated carbocycles. The predicted molar refractivity (Wildman–Crippen MR) is 66.8 cm³/mol. The SMILES string of the molecule is C#CC(=O)NS(=O)(=O)C12CC3CC(CC(C3)C1)C2. The number of hydrogen-bond acceptors (Lipinski definition) is 3. The van der Waals surface area contributed by atoms with Crippen molar-refractivity contribution >= 4 is 15.9 Å². The standard InChI is InChI=1S/C13H17NO3S/c1-2-12(15)14-18(16,17)13-6-9-3-10(7-13)5-11(4-9)8-13/h1,9-11H,3-8H2,(H,14,15).